The Balaban J connectivity index is 1.65. The lowest BCUT2D eigenvalue weighted by Gasteiger charge is -2.07. The molecular weight excluding hydrogens is 390 g/mol. The molecule has 2 aromatic heterocycles. The largest absolute Gasteiger partial charge is 0.332 e. The number of thiocarbonyl (C=S) groups is 1. The zero-order valence-electron chi connectivity index (χ0n) is 11.7. The van der Waals surface area contributed by atoms with Crippen LogP contribution in [0.25, 0.3) is 9.88 Å². The summed E-state index contributed by atoms with van der Waals surface area (Å²) >= 11 is 13.3. The fourth-order valence-electron chi connectivity index (χ4n) is 1.71. The molecule has 0 aliphatic heterocycles. The van der Waals surface area contributed by atoms with Crippen molar-refractivity contribution in [2.75, 3.05) is 10.6 Å². The molecular formula is C13H8ClN5O2S3. The van der Waals surface area contributed by atoms with Gasteiger partial charge in [0.1, 0.15) is 0 Å². The Hall–Kier alpha value is -2.14. The maximum atomic E-state index is 10.7. The number of halogens is 1. The number of nitro groups is 1. The minimum absolute atomic E-state index is 0.0645. The highest BCUT2D eigenvalue weighted by Crippen LogP contribution is 2.35. The molecule has 3 aromatic rings. The van der Waals surface area contributed by atoms with Crippen LogP contribution < -0.4 is 10.6 Å². The van der Waals surface area contributed by atoms with Crippen molar-refractivity contribution in [3.8, 4) is 9.88 Å². The Morgan fingerprint density at radius 2 is 1.88 bits per heavy atom. The fraction of sp³-hybridized carbons (Fsp3) is 0. The summed E-state index contributed by atoms with van der Waals surface area (Å²) in [5.74, 6) is 0. The first kappa shape index (κ1) is 16.7. The minimum atomic E-state index is -0.431. The Kier molecular flexibility index (Phi) is 5.00. The third-order valence-corrected chi connectivity index (χ3v) is 5.23. The topological polar surface area (TPSA) is 93.0 Å². The van der Waals surface area contributed by atoms with E-state index in [1.807, 2.05) is 0 Å². The van der Waals surface area contributed by atoms with E-state index in [2.05, 4.69) is 20.8 Å². The van der Waals surface area contributed by atoms with Crippen molar-refractivity contribution in [3.63, 3.8) is 0 Å². The Morgan fingerprint density at radius 1 is 1.12 bits per heavy atom. The SMILES string of the molecule is O=[N+]([O-])c1ccc(-c2nnc(NC(=S)Nc3ccc(Cl)cc3)s2)s1. The fourth-order valence-corrected chi connectivity index (χ4v) is 3.73. The van der Waals surface area contributed by atoms with Crippen molar-refractivity contribution in [2.24, 2.45) is 0 Å². The summed E-state index contributed by atoms with van der Waals surface area (Å²) in [6, 6.07) is 10.2. The van der Waals surface area contributed by atoms with E-state index in [0.717, 1.165) is 17.0 Å². The predicted octanol–water partition coefficient (Wildman–Crippen LogP) is 4.64. The van der Waals surface area contributed by atoms with Crippen molar-refractivity contribution in [2.45, 2.75) is 0 Å². The summed E-state index contributed by atoms with van der Waals surface area (Å²) in [5, 5.41) is 26.8. The van der Waals surface area contributed by atoms with Crippen LogP contribution >= 0.6 is 46.5 Å². The third-order valence-electron chi connectivity index (χ3n) is 2.73. The monoisotopic (exact) mass is 397 g/mol. The molecule has 0 amide bonds. The molecule has 2 heterocycles. The Labute approximate surface area is 154 Å². The highest BCUT2D eigenvalue weighted by Gasteiger charge is 2.15. The highest BCUT2D eigenvalue weighted by molar-refractivity contribution is 7.80. The molecule has 0 radical (unpaired) electrons. The van der Waals surface area contributed by atoms with Crippen LogP contribution in [0.4, 0.5) is 15.8 Å². The molecule has 0 unspecified atom stereocenters. The lowest BCUT2D eigenvalue weighted by Crippen LogP contribution is -2.18. The number of hydrogen-bond donors (Lipinski definition) is 2. The molecule has 2 N–H and O–H groups in total. The molecule has 0 bridgehead atoms. The van der Waals surface area contributed by atoms with Gasteiger partial charge in [-0.2, -0.15) is 0 Å². The first-order chi connectivity index (χ1) is 11.5. The molecule has 0 atom stereocenters. The number of thiophene rings is 1. The number of rotatable bonds is 4. The maximum Gasteiger partial charge on any atom is 0.324 e. The van der Waals surface area contributed by atoms with Gasteiger partial charge in [0.2, 0.25) is 5.13 Å². The smallest absolute Gasteiger partial charge is 0.324 e. The van der Waals surface area contributed by atoms with Crippen LogP contribution in [0, 0.1) is 10.1 Å². The summed E-state index contributed by atoms with van der Waals surface area (Å²) in [7, 11) is 0. The van der Waals surface area contributed by atoms with Gasteiger partial charge < -0.3 is 10.6 Å². The van der Waals surface area contributed by atoms with E-state index in [9.17, 15) is 10.1 Å². The van der Waals surface area contributed by atoms with E-state index < -0.39 is 4.92 Å². The van der Waals surface area contributed by atoms with Crippen molar-refractivity contribution < 1.29 is 4.92 Å². The molecule has 11 heteroatoms. The highest BCUT2D eigenvalue weighted by atomic mass is 35.5. The zero-order chi connectivity index (χ0) is 17.1. The van der Waals surface area contributed by atoms with Gasteiger partial charge in [-0.05, 0) is 42.5 Å². The van der Waals surface area contributed by atoms with Crippen LogP contribution in [-0.4, -0.2) is 20.2 Å². The molecule has 0 spiro atoms. The van der Waals surface area contributed by atoms with Crippen LogP contribution in [0.15, 0.2) is 36.4 Å². The normalized spacial score (nSPS) is 10.4. The van der Waals surface area contributed by atoms with Crippen LogP contribution in [0.5, 0.6) is 0 Å². The number of nitrogens with one attached hydrogen (secondary N) is 2. The lowest BCUT2D eigenvalue weighted by molar-refractivity contribution is -0.380. The second-order valence-corrected chi connectivity index (χ2v) is 7.28. The number of anilines is 2. The standard InChI is InChI=1S/C13H8ClN5O2S3/c14-7-1-3-8(4-2-7)15-12(22)16-13-18-17-11(24-13)9-5-6-10(23-9)19(20)21/h1-6H,(H2,15,16,18,22). The molecule has 122 valence electrons. The van der Waals surface area contributed by atoms with Crippen molar-refractivity contribution >= 4 is 67.4 Å². The summed E-state index contributed by atoms with van der Waals surface area (Å²) in [6.07, 6.45) is 0. The van der Waals surface area contributed by atoms with Gasteiger partial charge in [-0.1, -0.05) is 34.3 Å². The second-order valence-electron chi connectivity index (χ2n) is 4.39. The van der Waals surface area contributed by atoms with Crippen LogP contribution in [0.3, 0.4) is 0 Å². The molecule has 3 rings (SSSR count). The van der Waals surface area contributed by atoms with Gasteiger partial charge in [0, 0.05) is 16.8 Å². The van der Waals surface area contributed by atoms with E-state index in [4.69, 9.17) is 23.8 Å². The number of aromatic nitrogens is 2. The predicted molar refractivity (Wildman–Crippen MR) is 101 cm³/mol. The van der Waals surface area contributed by atoms with Crippen molar-refractivity contribution in [1.82, 2.24) is 10.2 Å². The van der Waals surface area contributed by atoms with E-state index >= 15 is 0 Å². The number of benzene rings is 1. The van der Waals surface area contributed by atoms with Crippen molar-refractivity contribution in [3.05, 3.63) is 51.5 Å². The number of nitrogens with zero attached hydrogens (tertiary/aromatic N) is 3. The van der Waals surface area contributed by atoms with E-state index in [0.29, 0.717) is 25.2 Å². The van der Waals surface area contributed by atoms with Gasteiger partial charge in [-0.15, -0.1) is 10.2 Å². The molecule has 0 saturated heterocycles. The van der Waals surface area contributed by atoms with Crippen LogP contribution in [0.2, 0.25) is 5.02 Å². The van der Waals surface area contributed by atoms with E-state index in [1.165, 1.54) is 17.4 Å². The summed E-state index contributed by atoms with van der Waals surface area (Å²) in [5.41, 5.74) is 0.788. The Bertz CT molecular complexity index is 893. The van der Waals surface area contributed by atoms with Gasteiger partial charge in [0.15, 0.2) is 10.1 Å². The Morgan fingerprint density at radius 3 is 2.54 bits per heavy atom. The average molecular weight is 398 g/mol. The quantitative estimate of drug-likeness (QED) is 0.376. The molecule has 0 fully saturated rings. The minimum Gasteiger partial charge on any atom is -0.332 e. The third kappa shape index (κ3) is 4.03. The molecule has 0 aliphatic carbocycles. The molecule has 24 heavy (non-hydrogen) atoms. The first-order valence-corrected chi connectivity index (χ1v) is 8.85. The number of hydrogen-bond acceptors (Lipinski definition) is 7. The summed E-state index contributed by atoms with van der Waals surface area (Å²) in [4.78, 5) is 11.0. The second kappa shape index (κ2) is 7.18. The maximum absolute atomic E-state index is 10.7. The van der Waals surface area contributed by atoms with Crippen LogP contribution in [0.1, 0.15) is 0 Å². The molecule has 0 aliphatic rings. The van der Waals surface area contributed by atoms with Gasteiger partial charge in [-0.25, -0.2) is 0 Å². The van der Waals surface area contributed by atoms with E-state index in [-0.39, 0.29) is 5.00 Å². The molecule has 0 saturated carbocycles. The van der Waals surface area contributed by atoms with Gasteiger partial charge in [0.25, 0.3) is 0 Å². The lowest BCUT2D eigenvalue weighted by atomic mass is 10.3. The van der Waals surface area contributed by atoms with Gasteiger partial charge >= 0.3 is 5.00 Å². The van der Waals surface area contributed by atoms with Gasteiger partial charge in [0.05, 0.1) is 9.80 Å². The summed E-state index contributed by atoms with van der Waals surface area (Å²) < 4.78 is 0. The summed E-state index contributed by atoms with van der Waals surface area (Å²) in [6.45, 7) is 0. The van der Waals surface area contributed by atoms with Gasteiger partial charge in [-0.3, -0.25) is 10.1 Å². The van der Waals surface area contributed by atoms with E-state index in [1.54, 1.807) is 30.3 Å². The van der Waals surface area contributed by atoms with Crippen molar-refractivity contribution in [1.29, 1.82) is 0 Å². The van der Waals surface area contributed by atoms with Crippen LogP contribution in [-0.2, 0) is 0 Å². The average Bonchev–Trinajstić information content (AvgIpc) is 3.18. The first-order valence-electron chi connectivity index (χ1n) is 6.43. The molecule has 1 aromatic carbocycles. The molecule has 7 nitrogen and oxygen atoms in total. The zero-order valence-corrected chi connectivity index (χ0v) is 14.9.